The summed E-state index contributed by atoms with van der Waals surface area (Å²) in [4.78, 5) is 13.4. The summed E-state index contributed by atoms with van der Waals surface area (Å²) in [7, 11) is 0. The molecule has 0 aromatic carbocycles. The number of nitrogens with zero attached hydrogens (tertiary/aromatic N) is 3. The maximum absolute atomic E-state index is 4.70. The summed E-state index contributed by atoms with van der Waals surface area (Å²) >= 11 is 1.91. The maximum Gasteiger partial charge on any atom is 0.135 e. The van der Waals surface area contributed by atoms with Gasteiger partial charge in [0, 0.05) is 42.4 Å². The predicted octanol–water partition coefficient (Wildman–Crippen LogP) is 2.64. The van der Waals surface area contributed by atoms with Gasteiger partial charge in [0.25, 0.3) is 0 Å². The second-order valence-corrected chi connectivity index (χ2v) is 5.45. The summed E-state index contributed by atoms with van der Waals surface area (Å²) in [6.45, 7) is 2.99. The van der Waals surface area contributed by atoms with Crippen molar-refractivity contribution in [1.29, 1.82) is 0 Å². The van der Waals surface area contributed by atoms with Crippen LogP contribution in [-0.2, 0) is 17.9 Å². The molecule has 1 N–H and O–H groups in total. The Balaban J connectivity index is 1.92. The summed E-state index contributed by atoms with van der Waals surface area (Å²) in [6.07, 6.45) is 4.38. The zero-order valence-corrected chi connectivity index (χ0v) is 11.7. The first-order valence-electron chi connectivity index (χ1n) is 6.46. The second-order valence-electron chi connectivity index (χ2n) is 4.47. The largest absolute Gasteiger partial charge is 0.370 e. The average Bonchev–Trinajstić information content (AvgIpc) is 2.89. The highest BCUT2D eigenvalue weighted by molar-refractivity contribution is 7.98. The fraction of sp³-hybridized carbons (Fsp3) is 0.357. The molecule has 19 heavy (non-hydrogen) atoms. The smallest absolute Gasteiger partial charge is 0.135 e. The Morgan fingerprint density at radius 2 is 2.05 bits per heavy atom. The molecule has 98 valence electrons. The minimum absolute atomic E-state index is 0.763. The summed E-state index contributed by atoms with van der Waals surface area (Å²) in [6, 6.07) is 4.02. The third-order valence-electron chi connectivity index (χ3n) is 3.08. The van der Waals surface area contributed by atoms with Crippen molar-refractivity contribution < 1.29 is 0 Å². The van der Waals surface area contributed by atoms with Crippen molar-refractivity contribution in [3.63, 3.8) is 0 Å². The number of pyridine rings is 1. The average molecular weight is 272 g/mol. The van der Waals surface area contributed by atoms with Gasteiger partial charge in [0.2, 0.25) is 0 Å². The summed E-state index contributed by atoms with van der Waals surface area (Å²) in [5.41, 5.74) is 3.67. The number of thioether (sulfide) groups is 1. The first-order valence-corrected chi connectivity index (χ1v) is 7.61. The molecule has 3 rings (SSSR count). The van der Waals surface area contributed by atoms with Crippen molar-refractivity contribution in [3.8, 4) is 0 Å². The minimum atomic E-state index is 0.763. The molecule has 5 heteroatoms. The van der Waals surface area contributed by atoms with E-state index in [4.69, 9.17) is 4.98 Å². The van der Waals surface area contributed by atoms with Gasteiger partial charge in [-0.3, -0.25) is 4.98 Å². The highest BCUT2D eigenvalue weighted by Crippen LogP contribution is 2.32. The topological polar surface area (TPSA) is 50.7 Å². The molecule has 2 aromatic rings. The Morgan fingerprint density at radius 3 is 2.84 bits per heavy atom. The standard InChI is InChI=1S/C14H16N4S/c1-2-16-14-11-8-19-9-12(11)17-13(18-14)7-10-3-5-15-6-4-10/h3-6H,2,7-9H2,1H3,(H,16,17,18). The van der Waals surface area contributed by atoms with E-state index in [0.29, 0.717) is 0 Å². The van der Waals surface area contributed by atoms with E-state index in [2.05, 4.69) is 22.2 Å². The third kappa shape index (κ3) is 2.71. The van der Waals surface area contributed by atoms with E-state index in [9.17, 15) is 0 Å². The second kappa shape index (κ2) is 5.57. The summed E-state index contributed by atoms with van der Waals surface area (Å²) in [5.74, 6) is 3.93. The number of aromatic nitrogens is 3. The van der Waals surface area contributed by atoms with Gasteiger partial charge in [0.1, 0.15) is 11.6 Å². The minimum Gasteiger partial charge on any atom is -0.370 e. The molecule has 3 heterocycles. The Labute approximate surface area is 117 Å². The molecule has 1 aliphatic heterocycles. The monoisotopic (exact) mass is 272 g/mol. The molecule has 0 atom stereocenters. The molecule has 0 radical (unpaired) electrons. The first kappa shape index (κ1) is 12.4. The molecule has 2 aromatic heterocycles. The maximum atomic E-state index is 4.70. The summed E-state index contributed by atoms with van der Waals surface area (Å²) in [5, 5.41) is 3.36. The SMILES string of the molecule is CCNc1nc(Cc2ccncc2)nc2c1CSC2. The van der Waals surface area contributed by atoms with E-state index in [1.54, 1.807) is 0 Å². The van der Waals surface area contributed by atoms with Gasteiger partial charge in [0.05, 0.1) is 5.69 Å². The van der Waals surface area contributed by atoms with Crippen molar-refractivity contribution in [2.75, 3.05) is 11.9 Å². The zero-order chi connectivity index (χ0) is 13.1. The molecule has 0 aliphatic carbocycles. The molecule has 0 bridgehead atoms. The number of hydrogen-bond acceptors (Lipinski definition) is 5. The van der Waals surface area contributed by atoms with Gasteiger partial charge >= 0.3 is 0 Å². The fourth-order valence-corrected chi connectivity index (χ4v) is 3.22. The van der Waals surface area contributed by atoms with Crippen LogP contribution in [0.1, 0.15) is 29.6 Å². The van der Waals surface area contributed by atoms with Crippen molar-refractivity contribution in [1.82, 2.24) is 15.0 Å². The predicted molar refractivity (Wildman–Crippen MR) is 78.2 cm³/mol. The number of nitrogens with one attached hydrogen (secondary N) is 1. The highest BCUT2D eigenvalue weighted by atomic mass is 32.2. The van der Waals surface area contributed by atoms with Gasteiger partial charge in [0.15, 0.2) is 0 Å². The van der Waals surface area contributed by atoms with Crippen LogP contribution in [0.25, 0.3) is 0 Å². The van der Waals surface area contributed by atoms with Crippen molar-refractivity contribution in [3.05, 3.63) is 47.2 Å². The van der Waals surface area contributed by atoms with Crippen LogP contribution in [0.5, 0.6) is 0 Å². The van der Waals surface area contributed by atoms with Gasteiger partial charge in [-0.05, 0) is 24.6 Å². The van der Waals surface area contributed by atoms with E-state index in [-0.39, 0.29) is 0 Å². The molecule has 0 spiro atoms. The van der Waals surface area contributed by atoms with Crippen LogP contribution >= 0.6 is 11.8 Å². The third-order valence-corrected chi connectivity index (χ3v) is 4.05. The lowest BCUT2D eigenvalue weighted by atomic mass is 10.1. The molecule has 0 amide bonds. The van der Waals surface area contributed by atoms with Crippen LogP contribution < -0.4 is 5.32 Å². The highest BCUT2D eigenvalue weighted by Gasteiger charge is 2.19. The van der Waals surface area contributed by atoms with Gasteiger partial charge in [-0.1, -0.05) is 0 Å². The van der Waals surface area contributed by atoms with Crippen LogP contribution in [-0.4, -0.2) is 21.5 Å². The fourth-order valence-electron chi connectivity index (χ4n) is 2.18. The van der Waals surface area contributed by atoms with Crippen LogP contribution in [0.2, 0.25) is 0 Å². The molecule has 4 nitrogen and oxygen atoms in total. The van der Waals surface area contributed by atoms with Gasteiger partial charge in [-0.2, -0.15) is 11.8 Å². The molecule has 0 unspecified atom stereocenters. The van der Waals surface area contributed by atoms with Crippen LogP contribution in [0.4, 0.5) is 5.82 Å². The van der Waals surface area contributed by atoms with Crippen LogP contribution in [0.15, 0.2) is 24.5 Å². The van der Waals surface area contributed by atoms with Crippen LogP contribution in [0.3, 0.4) is 0 Å². The normalized spacial score (nSPS) is 13.3. The molecule has 0 saturated heterocycles. The lowest BCUT2D eigenvalue weighted by molar-refractivity contribution is 0.922. The molecule has 0 fully saturated rings. The summed E-state index contributed by atoms with van der Waals surface area (Å²) < 4.78 is 0. The van der Waals surface area contributed by atoms with Crippen LogP contribution in [0, 0.1) is 0 Å². The Hall–Kier alpha value is -1.62. The molecule has 0 saturated carbocycles. The lowest BCUT2D eigenvalue weighted by Crippen LogP contribution is -2.08. The molecular weight excluding hydrogens is 256 g/mol. The Bertz CT molecular complexity index is 571. The van der Waals surface area contributed by atoms with E-state index >= 15 is 0 Å². The Kier molecular flexibility index (Phi) is 3.64. The van der Waals surface area contributed by atoms with Crippen molar-refractivity contribution in [2.24, 2.45) is 0 Å². The van der Waals surface area contributed by atoms with Crippen molar-refractivity contribution >= 4 is 17.6 Å². The van der Waals surface area contributed by atoms with Gasteiger partial charge in [-0.25, -0.2) is 9.97 Å². The number of rotatable bonds is 4. The molecule has 1 aliphatic rings. The van der Waals surface area contributed by atoms with E-state index in [1.807, 2.05) is 36.3 Å². The Morgan fingerprint density at radius 1 is 1.21 bits per heavy atom. The van der Waals surface area contributed by atoms with E-state index < -0.39 is 0 Å². The first-order chi connectivity index (χ1) is 9.36. The van der Waals surface area contributed by atoms with Crippen molar-refractivity contribution in [2.45, 2.75) is 24.9 Å². The number of hydrogen-bond donors (Lipinski definition) is 1. The number of fused-ring (bicyclic) bond motifs is 1. The quantitative estimate of drug-likeness (QED) is 0.927. The lowest BCUT2D eigenvalue weighted by Gasteiger charge is -2.10. The number of anilines is 1. The van der Waals surface area contributed by atoms with E-state index in [1.165, 1.54) is 16.8 Å². The van der Waals surface area contributed by atoms with Gasteiger partial charge in [-0.15, -0.1) is 0 Å². The van der Waals surface area contributed by atoms with E-state index in [0.717, 1.165) is 36.1 Å². The zero-order valence-electron chi connectivity index (χ0n) is 10.9. The van der Waals surface area contributed by atoms with Gasteiger partial charge < -0.3 is 5.32 Å². The molecular formula is C14H16N4S.